The fraction of sp³-hybridized carbons (Fsp3) is 0.609. The normalized spacial score (nSPS) is 17.4. The van der Waals surface area contributed by atoms with Gasteiger partial charge in [-0.1, -0.05) is 0 Å². The zero-order valence-electron chi connectivity index (χ0n) is 19.7. The minimum atomic E-state index is -0.415. The molecule has 0 bridgehead atoms. The zero-order chi connectivity index (χ0) is 23.7. The molecule has 2 saturated heterocycles. The number of esters is 1. The Morgan fingerprint density at radius 2 is 1.81 bits per heavy atom. The monoisotopic (exact) mass is 449 g/mol. The van der Waals surface area contributed by atoms with E-state index in [-0.39, 0.29) is 23.7 Å². The highest BCUT2D eigenvalue weighted by atomic mass is 16.6. The average molecular weight is 450 g/mol. The molecule has 0 radical (unpaired) electrons. The molecular formula is C23H35N3O6. The van der Waals surface area contributed by atoms with E-state index in [1.54, 1.807) is 23.1 Å². The van der Waals surface area contributed by atoms with Crippen LogP contribution in [0, 0.1) is 0 Å². The van der Waals surface area contributed by atoms with Crippen molar-refractivity contribution in [1.29, 1.82) is 0 Å². The molecule has 1 atom stereocenters. The van der Waals surface area contributed by atoms with Crippen molar-refractivity contribution in [1.82, 2.24) is 4.90 Å². The Balaban J connectivity index is 0.000000258. The van der Waals surface area contributed by atoms with Crippen LogP contribution >= 0.6 is 0 Å². The van der Waals surface area contributed by atoms with E-state index in [1.165, 1.54) is 14.0 Å². The van der Waals surface area contributed by atoms with Crippen LogP contribution in [0.5, 0.6) is 0 Å². The Labute approximate surface area is 189 Å². The first-order chi connectivity index (χ1) is 15.1. The number of benzene rings is 1. The molecule has 9 nitrogen and oxygen atoms in total. The molecular weight excluding hydrogens is 414 g/mol. The van der Waals surface area contributed by atoms with E-state index < -0.39 is 5.97 Å². The fourth-order valence-electron chi connectivity index (χ4n) is 3.13. The first-order valence-electron chi connectivity index (χ1n) is 10.9. The molecule has 0 aromatic heterocycles. The van der Waals surface area contributed by atoms with E-state index in [0.29, 0.717) is 23.5 Å². The van der Waals surface area contributed by atoms with E-state index in [4.69, 9.17) is 14.2 Å². The smallest absolute Gasteiger partial charge is 0.410 e. The summed E-state index contributed by atoms with van der Waals surface area (Å²) in [5, 5.41) is 5.92. The Bertz CT molecular complexity index is 795. The van der Waals surface area contributed by atoms with Gasteiger partial charge in [0.25, 0.3) is 0 Å². The highest BCUT2D eigenvalue weighted by molar-refractivity contribution is 5.96. The number of hydrogen-bond acceptors (Lipinski definition) is 7. The van der Waals surface area contributed by atoms with Gasteiger partial charge in [0.05, 0.1) is 30.2 Å². The number of rotatable bonds is 5. The summed E-state index contributed by atoms with van der Waals surface area (Å²) in [4.78, 5) is 35.9. The number of anilines is 2. The molecule has 9 heteroatoms. The molecule has 2 heterocycles. The topological polar surface area (TPSA) is 106 Å². The summed E-state index contributed by atoms with van der Waals surface area (Å²) in [6.07, 6.45) is 3.25. The minimum Gasteiger partial charge on any atom is -0.465 e. The van der Waals surface area contributed by atoms with Crippen molar-refractivity contribution < 1.29 is 28.6 Å². The number of nitrogens with zero attached hydrogens (tertiary/aromatic N) is 1. The van der Waals surface area contributed by atoms with Gasteiger partial charge in [-0.05, 0) is 58.2 Å². The molecule has 0 aliphatic carbocycles. The van der Waals surface area contributed by atoms with Crippen LogP contribution in [-0.2, 0) is 19.0 Å². The van der Waals surface area contributed by atoms with Crippen molar-refractivity contribution in [2.75, 3.05) is 44.0 Å². The molecule has 1 aromatic carbocycles. The summed E-state index contributed by atoms with van der Waals surface area (Å²) < 4.78 is 15.2. The minimum absolute atomic E-state index is 0.167. The number of ether oxygens (including phenoxy) is 3. The lowest BCUT2D eigenvalue weighted by molar-refractivity contribution is -0.114. The van der Waals surface area contributed by atoms with Crippen molar-refractivity contribution in [3.8, 4) is 0 Å². The second kappa shape index (κ2) is 11.7. The summed E-state index contributed by atoms with van der Waals surface area (Å²) in [5.41, 5.74) is 1.38. The zero-order valence-corrected chi connectivity index (χ0v) is 19.7. The van der Waals surface area contributed by atoms with Crippen molar-refractivity contribution in [2.45, 2.75) is 58.7 Å². The van der Waals surface area contributed by atoms with Crippen LogP contribution in [0.2, 0.25) is 0 Å². The maximum atomic E-state index is 11.5. The maximum Gasteiger partial charge on any atom is 0.410 e. The van der Waals surface area contributed by atoms with Gasteiger partial charge in [0.15, 0.2) is 0 Å². The van der Waals surface area contributed by atoms with Crippen LogP contribution in [0.1, 0.15) is 57.3 Å². The highest BCUT2D eigenvalue weighted by Crippen LogP contribution is 2.25. The van der Waals surface area contributed by atoms with Gasteiger partial charge in [0.1, 0.15) is 5.60 Å². The highest BCUT2D eigenvalue weighted by Gasteiger charge is 2.24. The van der Waals surface area contributed by atoms with Crippen molar-refractivity contribution in [3.63, 3.8) is 0 Å². The Morgan fingerprint density at radius 1 is 1.16 bits per heavy atom. The van der Waals surface area contributed by atoms with Gasteiger partial charge in [-0.15, -0.1) is 0 Å². The number of likely N-dealkylation sites (tertiary alicyclic amines) is 1. The lowest BCUT2D eigenvalue weighted by atomic mass is 10.1. The van der Waals surface area contributed by atoms with E-state index in [1.807, 2.05) is 20.8 Å². The average Bonchev–Trinajstić information content (AvgIpc) is 3.21. The molecule has 3 rings (SSSR count). The molecule has 178 valence electrons. The molecule has 0 saturated carbocycles. The van der Waals surface area contributed by atoms with Crippen molar-refractivity contribution in [2.24, 2.45) is 0 Å². The summed E-state index contributed by atoms with van der Waals surface area (Å²) in [6.45, 7) is 10.2. The third-order valence-electron chi connectivity index (χ3n) is 4.82. The number of nitrogens with one attached hydrogen (secondary N) is 2. The standard InChI is InChI=1S/C14H18N2O4.C9H17NO2/c1-9(17)16-12-4-3-10(14(18)19-2)7-13(12)15-8-11-5-6-20-11;1-9(2,3)12-8(11)10-6-4-5-7-10/h3-4,7,11,15H,5-6,8H2,1-2H3,(H,16,17);4-7H2,1-3H3. The van der Waals surface area contributed by atoms with Gasteiger partial charge in [-0.2, -0.15) is 0 Å². The van der Waals surface area contributed by atoms with Crippen LogP contribution < -0.4 is 10.6 Å². The van der Waals surface area contributed by atoms with E-state index in [0.717, 1.165) is 39.0 Å². The van der Waals surface area contributed by atoms with Crippen molar-refractivity contribution in [3.05, 3.63) is 23.8 Å². The van der Waals surface area contributed by atoms with Crippen LogP contribution in [0.3, 0.4) is 0 Å². The van der Waals surface area contributed by atoms with E-state index in [2.05, 4.69) is 10.6 Å². The van der Waals surface area contributed by atoms with Crippen LogP contribution in [0.25, 0.3) is 0 Å². The molecule has 2 N–H and O–H groups in total. The van der Waals surface area contributed by atoms with Crippen LogP contribution in [0.4, 0.5) is 16.2 Å². The van der Waals surface area contributed by atoms with Gasteiger partial charge < -0.3 is 29.7 Å². The molecule has 1 aromatic rings. The molecule has 32 heavy (non-hydrogen) atoms. The number of carbonyl (C=O) groups excluding carboxylic acids is 3. The van der Waals surface area contributed by atoms with Crippen molar-refractivity contribution >= 4 is 29.3 Å². The Kier molecular flexibility index (Phi) is 9.31. The molecule has 2 aliphatic rings. The lowest BCUT2D eigenvalue weighted by Crippen LogP contribution is -2.34. The second-order valence-electron chi connectivity index (χ2n) is 8.77. The number of methoxy groups -OCH3 is 1. The Morgan fingerprint density at radius 3 is 2.31 bits per heavy atom. The van der Waals surface area contributed by atoms with Gasteiger partial charge in [0.2, 0.25) is 5.91 Å². The summed E-state index contributed by atoms with van der Waals surface area (Å²) in [5.74, 6) is -0.582. The second-order valence-corrected chi connectivity index (χ2v) is 8.77. The molecule has 0 spiro atoms. The summed E-state index contributed by atoms with van der Waals surface area (Å²) in [7, 11) is 1.33. The first-order valence-corrected chi connectivity index (χ1v) is 10.9. The van der Waals surface area contributed by atoms with Gasteiger partial charge in [-0.25, -0.2) is 9.59 Å². The van der Waals surface area contributed by atoms with E-state index in [9.17, 15) is 14.4 Å². The number of hydrogen-bond donors (Lipinski definition) is 2. The summed E-state index contributed by atoms with van der Waals surface area (Å²) in [6, 6.07) is 4.95. The van der Waals surface area contributed by atoms with E-state index >= 15 is 0 Å². The largest absolute Gasteiger partial charge is 0.465 e. The third-order valence-corrected chi connectivity index (χ3v) is 4.82. The van der Waals surface area contributed by atoms with Gasteiger partial charge in [-0.3, -0.25) is 4.79 Å². The quantitative estimate of drug-likeness (QED) is 0.661. The predicted octanol–water partition coefficient (Wildman–Crippen LogP) is 3.65. The first kappa shape index (κ1) is 25.5. The lowest BCUT2D eigenvalue weighted by Gasteiger charge is -2.27. The molecule has 2 aliphatic heterocycles. The number of carbonyl (C=O) groups is 3. The van der Waals surface area contributed by atoms with Gasteiger partial charge >= 0.3 is 12.1 Å². The fourth-order valence-corrected chi connectivity index (χ4v) is 3.13. The molecule has 1 unspecified atom stereocenters. The van der Waals surface area contributed by atoms with Gasteiger partial charge in [0, 0.05) is 33.2 Å². The summed E-state index contributed by atoms with van der Waals surface area (Å²) >= 11 is 0. The Hall–Kier alpha value is -2.81. The van der Waals surface area contributed by atoms with Crippen LogP contribution in [0.15, 0.2) is 18.2 Å². The third kappa shape index (κ3) is 8.37. The maximum absolute atomic E-state index is 11.5. The molecule has 2 amide bonds. The van der Waals surface area contributed by atoms with Crippen LogP contribution in [-0.4, -0.2) is 67.9 Å². The predicted molar refractivity (Wildman–Crippen MR) is 122 cm³/mol. The number of amides is 2. The molecule has 2 fully saturated rings. The SMILES string of the molecule is CC(C)(C)OC(=O)N1CCCC1.COC(=O)c1ccc(NC(C)=O)c(NCC2CCO2)c1.